The lowest BCUT2D eigenvalue weighted by Crippen LogP contribution is -2.13. The molecule has 1 saturated heterocycles. The molecule has 2 aliphatic heterocycles. The van der Waals surface area contributed by atoms with Crippen LogP contribution in [0.2, 0.25) is 0 Å². The molecule has 0 spiro atoms. The molecule has 3 heteroatoms. The van der Waals surface area contributed by atoms with Gasteiger partial charge in [0.15, 0.2) is 11.5 Å². The van der Waals surface area contributed by atoms with Crippen molar-refractivity contribution in [2.75, 3.05) is 13.3 Å². The van der Waals surface area contributed by atoms with Gasteiger partial charge in [0, 0.05) is 11.6 Å². The van der Waals surface area contributed by atoms with Crippen molar-refractivity contribution in [3.05, 3.63) is 23.3 Å². The Bertz CT molecular complexity index is 383. The molecule has 2 aliphatic rings. The lowest BCUT2D eigenvalue weighted by atomic mass is 10.0. The van der Waals surface area contributed by atoms with Gasteiger partial charge in [-0.3, -0.25) is 0 Å². The molecule has 0 radical (unpaired) electrons. The third-order valence-electron chi connectivity index (χ3n) is 3.08. The average molecular weight is 205 g/mol. The van der Waals surface area contributed by atoms with Crippen LogP contribution in [0.4, 0.5) is 0 Å². The van der Waals surface area contributed by atoms with E-state index in [0.717, 1.165) is 18.0 Å². The summed E-state index contributed by atoms with van der Waals surface area (Å²) < 4.78 is 11.0. The third-order valence-corrected chi connectivity index (χ3v) is 3.08. The molecule has 15 heavy (non-hydrogen) atoms. The van der Waals surface area contributed by atoms with Crippen molar-refractivity contribution < 1.29 is 9.47 Å². The SMILES string of the molecule is Cc1cc2c(c(C3CCCN3)c1)OCO2. The minimum atomic E-state index is 0.360. The Morgan fingerprint density at radius 2 is 2.27 bits per heavy atom. The summed E-state index contributed by atoms with van der Waals surface area (Å²) in [5.41, 5.74) is 2.50. The molecule has 1 unspecified atom stereocenters. The van der Waals surface area contributed by atoms with Gasteiger partial charge in [0.2, 0.25) is 6.79 Å². The van der Waals surface area contributed by atoms with Crippen LogP contribution in [0.5, 0.6) is 11.5 Å². The summed E-state index contributed by atoms with van der Waals surface area (Å²) in [6.07, 6.45) is 2.44. The topological polar surface area (TPSA) is 30.5 Å². The van der Waals surface area contributed by atoms with E-state index in [9.17, 15) is 0 Å². The smallest absolute Gasteiger partial charge is 0.231 e. The van der Waals surface area contributed by atoms with E-state index in [0.29, 0.717) is 12.8 Å². The van der Waals surface area contributed by atoms with Crippen molar-refractivity contribution in [2.24, 2.45) is 0 Å². The summed E-state index contributed by atoms with van der Waals surface area (Å²) in [5.74, 6) is 1.85. The molecule has 0 aliphatic carbocycles. The molecule has 1 N–H and O–H groups in total. The Hall–Kier alpha value is -1.22. The molecule has 3 nitrogen and oxygen atoms in total. The van der Waals surface area contributed by atoms with E-state index in [1.807, 2.05) is 6.07 Å². The highest BCUT2D eigenvalue weighted by atomic mass is 16.7. The summed E-state index contributed by atoms with van der Waals surface area (Å²) >= 11 is 0. The highest BCUT2D eigenvalue weighted by Gasteiger charge is 2.25. The molecule has 2 heterocycles. The number of fused-ring (bicyclic) bond motifs is 1. The zero-order chi connectivity index (χ0) is 10.3. The van der Waals surface area contributed by atoms with E-state index < -0.39 is 0 Å². The Morgan fingerprint density at radius 1 is 1.33 bits per heavy atom. The first-order valence-electron chi connectivity index (χ1n) is 5.48. The lowest BCUT2D eigenvalue weighted by molar-refractivity contribution is 0.173. The summed E-state index contributed by atoms with van der Waals surface area (Å²) in [5, 5.41) is 3.49. The number of nitrogens with one attached hydrogen (secondary N) is 1. The van der Waals surface area contributed by atoms with Gasteiger partial charge in [-0.25, -0.2) is 0 Å². The molecule has 1 aromatic rings. The quantitative estimate of drug-likeness (QED) is 0.762. The molecule has 1 aromatic carbocycles. The second-order valence-corrected chi connectivity index (χ2v) is 4.24. The maximum Gasteiger partial charge on any atom is 0.231 e. The van der Waals surface area contributed by atoms with E-state index in [1.165, 1.54) is 24.0 Å². The zero-order valence-electron chi connectivity index (χ0n) is 8.88. The highest BCUT2D eigenvalue weighted by Crippen LogP contribution is 2.41. The van der Waals surface area contributed by atoms with Crippen LogP contribution in [0.3, 0.4) is 0 Å². The average Bonchev–Trinajstić information content (AvgIpc) is 2.86. The second kappa shape index (κ2) is 3.42. The molecular formula is C12H15NO2. The van der Waals surface area contributed by atoms with Crippen molar-refractivity contribution in [1.82, 2.24) is 5.32 Å². The minimum Gasteiger partial charge on any atom is -0.454 e. The van der Waals surface area contributed by atoms with Gasteiger partial charge in [0.1, 0.15) is 0 Å². The van der Waals surface area contributed by atoms with Gasteiger partial charge in [0.25, 0.3) is 0 Å². The van der Waals surface area contributed by atoms with Crippen LogP contribution in [0, 0.1) is 6.92 Å². The monoisotopic (exact) mass is 205 g/mol. The molecule has 1 fully saturated rings. The van der Waals surface area contributed by atoms with E-state index in [1.54, 1.807) is 0 Å². The zero-order valence-corrected chi connectivity index (χ0v) is 8.88. The van der Waals surface area contributed by atoms with Crippen molar-refractivity contribution in [2.45, 2.75) is 25.8 Å². The predicted molar refractivity (Wildman–Crippen MR) is 57.3 cm³/mol. The maximum absolute atomic E-state index is 5.53. The van der Waals surface area contributed by atoms with E-state index in [-0.39, 0.29) is 0 Å². The minimum absolute atomic E-state index is 0.360. The maximum atomic E-state index is 5.53. The predicted octanol–water partition coefficient (Wildman–Crippen LogP) is 2.15. The fourth-order valence-electron chi connectivity index (χ4n) is 2.39. The summed E-state index contributed by atoms with van der Waals surface area (Å²) in [7, 11) is 0. The first-order chi connectivity index (χ1) is 7.34. The molecule has 0 bridgehead atoms. The highest BCUT2D eigenvalue weighted by molar-refractivity contribution is 5.52. The van der Waals surface area contributed by atoms with E-state index in [2.05, 4.69) is 18.3 Å². The van der Waals surface area contributed by atoms with Gasteiger partial charge in [-0.2, -0.15) is 0 Å². The Balaban J connectivity index is 2.05. The number of benzene rings is 1. The fourth-order valence-corrected chi connectivity index (χ4v) is 2.39. The Kier molecular flexibility index (Phi) is 2.06. The van der Waals surface area contributed by atoms with Crippen LogP contribution in [0.1, 0.15) is 30.0 Å². The molecule has 1 atom stereocenters. The molecule has 0 amide bonds. The lowest BCUT2D eigenvalue weighted by Gasteiger charge is -2.14. The van der Waals surface area contributed by atoms with Gasteiger partial charge in [-0.15, -0.1) is 0 Å². The van der Waals surface area contributed by atoms with Crippen molar-refractivity contribution in [3.8, 4) is 11.5 Å². The largest absolute Gasteiger partial charge is 0.454 e. The third kappa shape index (κ3) is 1.47. The number of hydrogen-bond donors (Lipinski definition) is 1. The van der Waals surface area contributed by atoms with E-state index in [4.69, 9.17) is 9.47 Å². The van der Waals surface area contributed by atoms with Gasteiger partial charge in [0.05, 0.1) is 0 Å². The van der Waals surface area contributed by atoms with Gasteiger partial charge in [-0.1, -0.05) is 6.07 Å². The normalized spacial score (nSPS) is 23.4. The molecule has 3 rings (SSSR count). The van der Waals surface area contributed by atoms with Crippen LogP contribution < -0.4 is 14.8 Å². The Labute approximate surface area is 89.4 Å². The second-order valence-electron chi connectivity index (χ2n) is 4.24. The fraction of sp³-hybridized carbons (Fsp3) is 0.500. The number of ether oxygens (including phenoxy) is 2. The van der Waals surface area contributed by atoms with Crippen LogP contribution in [0.15, 0.2) is 12.1 Å². The Morgan fingerprint density at radius 3 is 3.07 bits per heavy atom. The first-order valence-corrected chi connectivity index (χ1v) is 5.48. The summed E-state index contributed by atoms with van der Waals surface area (Å²) in [4.78, 5) is 0. The van der Waals surface area contributed by atoms with Crippen LogP contribution >= 0.6 is 0 Å². The van der Waals surface area contributed by atoms with Crippen molar-refractivity contribution in [1.29, 1.82) is 0 Å². The standard InChI is InChI=1S/C12H15NO2/c1-8-5-9(10-3-2-4-13-10)12-11(6-8)14-7-15-12/h5-6,10,13H,2-4,7H2,1H3. The first kappa shape index (κ1) is 9.04. The molecule has 80 valence electrons. The van der Waals surface area contributed by atoms with E-state index >= 15 is 0 Å². The molecule has 0 aromatic heterocycles. The van der Waals surface area contributed by atoms with Gasteiger partial charge in [-0.05, 0) is 37.9 Å². The van der Waals surface area contributed by atoms with Crippen LogP contribution in [-0.4, -0.2) is 13.3 Å². The van der Waals surface area contributed by atoms with Crippen LogP contribution in [-0.2, 0) is 0 Å². The number of aryl methyl sites for hydroxylation is 1. The van der Waals surface area contributed by atoms with Crippen molar-refractivity contribution >= 4 is 0 Å². The van der Waals surface area contributed by atoms with Crippen LogP contribution in [0.25, 0.3) is 0 Å². The molecular weight excluding hydrogens is 190 g/mol. The number of hydrogen-bond acceptors (Lipinski definition) is 3. The van der Waals surface area contributed by atoms with Gasteiger partial charge >= 0.3 is 0 Å². The van der Waals surface area contributed by atoms with Gasteiger partial charge < -0.3 is 14.8 Å². The molecule has 0 saturated carbocycles. The summed E-state index contributed by atoms with van der Waals surface area (Å²) in [6, 6.07) is 4.69. The van der Waals surface area contributed by atoms with Crippen molar-refractivity contribution in [3.63, 3.8) is 0 Å². The number of rotatable bonds is 1. The summed E-state index contributed by atoms with van der Waals surface area (Å²) in [6.45, 7) is 3.56.